The second-order valence-electron chi connectivity index (χ2n) is 4.94. The highest BCUT2D eigenvalue weighted by atomic mass is 79.9. The van der Waals surface area contributed by atoms with Crippen molar-refractivity contribution in [3.63, 3.8) is 0 Å². The number of aryl methyl sites for hydroxylation is 1. The standard InChI is InChI=1S/C13H17BrN2O4/c1-2-3-15-6-8(14)4-10(15)12(18)16-7-9(17)5-11(16)13(19)20/h4,6,9,11,17H,2-3,5,7H2,1H3,(H,19,20). The molecule has 2 heterocycles. The first-order chi connectivity index (χ1) is 9.43. The Kier molecular flexibility index (Phi) is 4.49. The summed E-state index contributed by atoms with van der Waals surface area (Å²) in [6, 6.07) is 0.725. The van der Waals surface area contributed by atoms with E-state index in [1.54, 1.807) is 16.8 Å². The first-order valence-electron chi connectivity index (χ1n) is 6.51. The van der Waals surface area contributed by atoms with Gasteiger partial charge in [-0.15, -0.1) is 0 Å². The molecule has 1 aromatic rings. The molecule has 2 N–H and O–H groups in total. The lowest BCUT2D eigenvalue weighted by atomic mass is 10.2. The zero-order valence-electron chi connectivity index (χ0n) is 11.1. The number of hydrogen-bond acceptors (Lipinski definition) is 3. The van der Waals surface area contributed by atoms with E-state index in [1.165, 1.54) is 4.90 Å². The molecule has 2 atom stereocenters. The number of carboxylic acid groups (broad SMARTS) is 1. The predicted molar refractivity (Wildman–Crippen MR) is 75.5 cm³/mol. The fourth-order valence-electron chi connectivity index (χ4n) is 2.50. The molecule has 2 unspecified atom stereocenters. The Hall–Kier alpha value is -1.34. The maximum Gasteiger partial charge on any atom is 0.326 e. The number of carbonyl (C=O) groups excluding carboxylic acids is 1. The second-order valence-corrected chi connectivity index (χ2v) is 5.85. The van der Waals surface area contributed by atoms with Crippen molar-refractivity contribution in [1.82, 2.24) is 9.47 Å². The van der Waals surface area contributed by atoms with Gasteiger partial charge in [0, 0.05) is 30.2 Å². The van der Waals surface area contributed by atoms with Crippen LogP contribution >= 0.6 is 15.9 Å². The van der Waals surface area contributed by atoms with E-state index in [2.05, 4.69) is 15.9 Å². The van der Waals surface area contributed by atoms with Crippen LogP contribution in [0.5, 0.6) is 0 Å². The topological polar surface area (TPSA) is 82.8 Å². The van der Waals surface area contributed by atoms with Crippen molar-refractivity contribution in [2.24, 2.45) is 0 Å². The van der Waals surface area contributed by atoms with Crippen molar-refractivity contribution < 1.29 is 19.8 Å². The Morgan fingerprint density at radius 2 is 2.20 bits per heavy atom. The van der Waals surface area contributed by atoms with Crippen LogP contribution < -0.4 is 0 Å². The molecule has 1 aliphatic rings. The number of carboxylic acids is 1. The molecule has 1 aromatic heterocycles. The lowest BCUT2D eigenvalue weighted by molar-refractivity contribution is -0.141. The van der Waals surface area contributed by atoms with Gasteiger partial charge in [0.25, 0.3) is 5.91 Å². The highest BCUT2D eigenvalue weighted by Crippen LogP contribution is 2.23. The number of aliphatic hydroxyl groups excluding tert-OH is 1. The van der Waals surface area contributed by atoms with Gasteiger partial charge in [0.2, 0.25) is 0 Å². The van der Waals surface area contributed by atoms with E-state index in [0.29, 0.717) is 12.2 Å². The fourth-order valence-corrected chi connectivity index (χ4v) is 2.96. The summed E-state index contributed by atoms with van der Waals surface area (Å²) in [6.45, 7) is 2.74. The molecule has 1 fully saturated rings. The van der Waals surface area contributed by atoms with Gasteiger partial charge in [-0.1, -0.05) is 6.92 Å². The van der Waals surface area contributed by atoms with Crippen LogP contribution in [0, 0.1) is 0 Å². The van der Waals surface area contributed by atoms with Gasteiger partial charge < -0.3 is 19.7 Å². The van der Waals surface area contributed by atoms with Crippen LogP contribution in [0.2, 0.25) is 0 Å². The van der Waals surface area contributed by atoms with Crippen LogP contribution in [0.4, 0.5) is 0 Å². The minimum absolute atomic E-state index is 0.0602. The van der Waals surface area contributed by atoms with Gasteiger partial charge in [0.15, 0.2) is 0 Å². The molecule has 0 aromatic carbocycles. The van der Waals surface area contributed by atoms with Crippen molar-refractivity contribution in [2.45, 2.75) is 38.5 Å². The van der Waals surface area contributed by atoms with Crippen molar-refractivity contribution in [3.8, 4) is 0 Å². The molecule has 1 saturated heterocycles. The maximum atomic E-state index is 12.5. The number of carbonyl (C=O) groups is 2. The summed E-state index contributed by atoms with van der Waals surface area (Å²) in [4.78, 5) is 25.0. The van der Waals surface area contributed by atoms with Crippen molar-refractivity contribution in [2.75, 3.05) is 6.54 Å². The highest BCUT2D eigenvalue weighted by molar-refractivity contribution is 9.10. The van der Waals surface area contributed by atoms with Crippen LogP contribution in [0.25, 0.3) is 0 Å². The minimum Gasteiger partial charge on any atom is -0.480 e. The van der Waals surface area contributed by atoms with Gasteiger partial charge in [-0.05, 0) is 28.4 Å². The van der Waals surface area contributed by atoms with E-state index >= 15 is 0 Å². The van der Waals surface area contributed by atoms with E-state index in [1.807, 2.05) is 6.92 Å². The summed E-state index contributed by atoms with van der Waals surface area (Å²) in [5.41, 5.74) is 0.444. The third kappa shape index (κ3) is 2.88. The van der Waals surface area contributed by atoms with Crippen LogP contribution in [-0.4, -0.2) is 50.2 Å². The van der Waals surface area contributed by atoms with E-state index in [4.69, 9.17) is 5.11 Å². The van der Waals surface area contributed by atoms with Crippen molar-refractivity contribution in [3.05, 3.63) is 22.4 Å². The monoisotopic (exact) mass is 344 g/mol. The minimum atomic E-state index is -1.08. The highest BCUT2D eigenvalue weighted by Gasteiger charge is 2.40. The van der Waals surface area contributed by atoms with E-state index in [-0.39, 0.29) is 18.9 Å². The molecular formula is C13H17BrN2O4. The van der Waals surface area contributed by atoms with Gasteiger partial charge in [-0.3, -0.25) is 4.79 Å². The van der Waals surface area contributed by atoms with Gasteiger partial charge >= 0.3 is 5.97 Å². The Morgan fingerprint density at radius 1 is 1.50 bits per heavy atom. The molecule has 2 rings (SSSR count). The lowest BCUT2D eigenvalue weighted by Crippen LogP contribution is -2.41. The van der Waals surface area contributed by atoms with Gasteiger partial charge in [-0.25, -0.2) is 4.79 Å². The third-order valence-electron chi connectivity index (χ3n) is 3.37. The van der Waals surface area contributed by atoms with Gasteiger partial charge in [0.05, 0.1) is 6.10 Å². The molecule has 20 heavy (non-hydrogen) atoms. The second kappa shape index (κ2) is 5.97. The summed E-state index contributed by atoms with van der Waals surface area (Å²) in [7, 11) is 0. The van der Waals surface area contributed by atoms with E-state index < -0.39 is 18.1 Å². The Bertz CT molecular complexity index is 528. The number of aromatic nitrogens is 1. The summed E-state index contributed by atoms with van der Waals surface area (Å²) in [5, 5.41) is 18.8. The maximum absolute atomic E-state index is 12.5. The number of hydrogen-bond donors (Lipinski definition) is 2. The lowest BCUT2D eigenvalue weighted by Gasteiger charge is -2.21. The molecule has 1 aliphatic heterocycles. The normalized spacial score (nSPS) is 22.2. The molecule has 0 spiro atoms. The zero-order chi connectivity index (χ0) is 14.9. The molecule has 0 radical (unpaired) electrons. The molecule has 0 bridgehead atoms. The average Bonchev–Trinajstić information content (AvgIpc) is 2.92. The van der Waals surface area contributed by atoms with Crippen LogP contribution in [0.1, 0.15) is 30.3 Å². The molecule has 6 nitrogen and oxygen atoms in total. The number of β-amino-alcohol motifs (C(OH)–C–C–N with tert-alkyl or cyclic N) is 1. The summed E-state index contributed by atoms with van der Waals surface area (Å²) < 4.78 is 2.58. The summed E-state index contributed by atoms with van der Waals surface area (Å²) >= 11 is 3.33. The van der Waals surface area contributed by atoms with Crippen molar-refractivity contribution in [1.29, 1.82) is 0 Å². The van der Waals surface area contributed by atoms with Crippen molar-refractivity contribution >= 4 is 27.8 Å². The molecule has 0 aliphatic carbocycles. The Balaban J connectivity index is 2.28. The van der Waals surface area contributed by atoms with Gasteiger partial charge in [-0.2, -0.15) is 0 Å². The molecule has 0 saturated carbocycles. The number of likely N-dealkylation sites (tertiary alicyclic amines) is 1. The first kappa shape index (κ1) is 15.1. The molecule has 110 valence electrons. The number of aliphatic hydroxyl groups is 1. The molecule has 1 amide bonds. The summed E-state index contributed by atoms with van der Waals surface area (Å²) in [5.74, 6) is -1.43. The fraction of sp³-hybridized carbons (Fsp3) is 0.538. The molecular weight excluding hydrogens is 328 g/mol. The van der Waals surface area contributed by atoms with E-state index in [0.717, 1.165) is 10.9 Å². The predicted octanol–water partition coefficient (Wildman–Crippen LogP) is 1.32. The average molecular weight is 345 g/mol. The number of amides is 1. The number of aliphatic carboxylic acids is 1. The van der Waals surface area contributed by atoms with E-state index in [9.17, 15) is 14.7 Å². The SMILES string of the molecule is CCCn1cc(Br)cc1C(=O)N1CC(O)CC1C(=O)O. The quantitative estimate of drug-likeness (QED) is 0.862. The summed E-state index contributed by atoms with van der Waals surface area (Å²) in [6.07, 6.45) is 1.97. The number of halogens is 1. The van der Waals surface area contributed by atoms with Gasteiger partial charge in [0.1, 0.15) is 11.7 Å². The van der Waals surface area contributed by atoms with Crippen LogP contribution in [0.15, 0.2) is 16.7 Å². The zero-order valence-corrected chi connectivity index (χ0v) is 12.7. The number of rotatable bonds is 4. The number of nitrogens with zero attached hydrogens (tertiary/aromatic N) is 2. The molecule has 7 heteroatoms. The first-order valence-corrected chi connectivity index (χ1v) is 7.30. The smallest absolute Gasteiger partial charge is 0.326 e. The van der Waals surface area contributed by atoms with Crippen LogP contribution in [-0.2, 0) is 11.3 Å². The van der Waals surface area contributed by atoms with Crippen LogP contribution in [0.3, 0.4) is 0 Å². The largest absolute Gasteiger partial charge is 0.480 e. The Labute approximate surface area is 125 Å². The third-order valence-corrected chi connectivity index (χ3v) is 3.81. The Morgan fingerprint density at radius 3 is 2.80 bits per heavy atom.